The van der Waals surface area contributed by atoms with Crippen LogP contribution in [0.25, 0.3) is 33.6 Å². The predicted octanol–water partition coefficient (Wildman–Crippen LogP) is 8.95. The molecule has 3 atom stereocenters. The molecular formula is C47H50FN7O2. The number of nitrogens with zero attached hydrogens (tertiary/aromatic N) is 5. The lowest BCUT2D eigenvalue weighted by atomic mass is 10.00. The van der Waals surface area contributed by atoms with Crippen LogP contribution in [0, 0.1) is 0 Å². The summed E-state index contributed by atoms with van der Waals surface area (Å²) in [5.74, 6) is 1.40. The standard InChI is InChI=1S/C47H50FN7O2/c1-2-24-54(47(57)45(38-14-8-4-9-15-38)53-25-10-5-11-26-53)32-43-49-29-40(51-43)36-20-16-34(17-21-36)35-18-22-37(23-19-35)41-30-50-46(52-41)42-28-39(48)31-55(42)44(56)27-33-12-6-3-7-13-33/h3-4,6-9,12-23,29-30,39,42,45H,2,5,10-11,24-28,31-32H2,1H3,(H,49,51)(H,50,52)/t39-,42-,45+/m0/s1. The minimum atomic E-state index is -1.08. The molecule has 4 heterocycles. The minimum absolute atomic E-state index is 0.0779. The van der Waals surface area contributed by atoms with E-state index in [0.29, 0.717) is 18.9 Å². The van der Waals surface area contributed by atoms with Gasteiger partial charge in [-0.3, -0.25) is 14.5 Å². The first kappa shape index (κ1) is 38.0. The number of halogens is 1. The average Bonchev–Trinajstić information content (AvgIpc) is 4.03. The van der Waals surface area contributed by atoms with Crippen molar-refractivity contribution in [3.63, 3.8) is 0 Å². The van der Waals surface area contributed by atoms with Gasteiger partial charge in [-0.1, -0.05) is 123 Å². The predicted molar refractivity (Wildman–Crippen MR) is 221 cm³/mol. The summed E-state index contributed by atoms with van der Waals surface area (Å²) in [6.07, 6.45) is 7.31. The Morgan fingerprint density at radius 1 is 0.772 bits per heavy atom. The van der Waals surface area contributed by atoms with Crippen LogP contribution >= 0.6 is 0 Å². The molecule has 2 fully saturated rings. The monoisotopic (exact) mass is 763 g/mol. The Bertz CT molecular complexity index is 2230. The number of nitrogens with one attached hydrogen (secondary N) is 2. The number of imidazole rings is 2. The van der Waals surface area contributed by atoms with E-state index in [1.165, 1.54) is 6.42 Å². The molecule has 2 aromatic heterocycles. The van der Waals surface area contributed by atoms with Crippen LogP contribution in [0.2, 0.25) is 0 Å². The lowest BCUT2D eigenvalue weighted by molar-refractivity contribution is -0.138. The summed E-state index contributed by atoms with van der Waals surface area (Å²) in [4.78, 5) is 49.5. The van der Waals surface area contributed by atoms with Crippen molar-refractivity contribution >= 4 is 11.8 Å². The molecule has 2 aliphatic heterocycles. The van der Waals surface area contributed by atoms with Gasteiger partial charge in [-0.05, 0) is 65.7 Å². The first-order valence-corrected chi connectivity index (χ1v) is 20.3. The lowest BCUT2D eigenvalue weighted by Crippen LogP contribution is -2.45. The van der Waals surface area contributed by atoms with Gasteiger partial charge in [0.2, 0.25) is 11.8 Å². The number of carbonyl (C=O) groups is 2. The Balaban J connectivity index is 0.917. The number of H-pyrrole nitrogens is 2. The smallest absolute Gasteiger partial charge is 0.244 e. The molecule has 0 bridgehead atoms. The number of benzene rings is 4. The molecule has 2 amide bonds. The van der Waals surface area contributed by atoms with Crippen LogP contribution in [0.15, 0.2) is 122 Å². The fourth-order valence-corrected chi connectivity index (χ4v) is 8.33. The van der Waals surface area contributed by atoms with Crippen molar-refractivity contribution in [3.8, 4) is 33.6 Å². The van der Waals surface area contributed by atoms with E-state index in [0.717, 1.165) is 82.9 Å². The van der Waals surface area contributed by atoms with Gasteiger partial charge in [0.1, 0.15) is 23.9 Å². The maximum atomic E-state index is 14.6. The highest BCUT2D eigenvalue weighted by Gasteiger charge is 2.38. The number of aromatic nitrogens is 4. The molecule has 0 spiro atoms. The zero-order chi connectivity index (χ0) is 39.1. The maximum Gasteiger partial charge on any atom is 0.244 e. The number of amides is 2. The summed E-state index contributed by atoms with van der Waals surface area (Å²) in [6.45, 7) is 5.15. The molecule has 0 saturated carbocycles. The number of likely N-dealkylation sites (tertiary alicyclic amines) is 2. The SMILES string of the molecule is CCCN(Cc1ncc(-c2ccc(-c3ccc(-c4cnc([C@@H]5C[C@H](F)CN5C(=O)Cc5ccccc5)[nH]4)cc3)cc2)[nH]1)C(=O)[C@@H](c1ccccc1)N1CCCCC1. The quantitative estimate of drug-likeness (QED) is 0.122. The fraction of sp³-hybridized carbons (Fsp3) is 0.319. The normalized spacial score (nSPS) is 17.8. The van der Waals surface area contributed by atoms with E-state index in [-0.39, 0.29) is 37.2 Å². The third-order valence-electron chi connectivity index (χ3n) is 11.3. The van der Waals surface area contributed by atoms with E-state index in [1.807, 2.05) is 71.8 Å². The highest BCUT2D eigenvalue weighted by atomic mass is 19.1. The summed E-state index contributed by atoms with van der Waals surface area (Å²) in [5.41, 5.74) is 7.80. The van der Waals surface area contributed by atoms with E-state index in [4.69, 9.17) is 4.98 Å². The molecule has 292 valence electrons. The molecule has 9 nitrogen and oxygen atoms in total. The zero-order valence-corrected chi connectivity index (χ0v) is 32.5. The van der Waals surface area contributed by atoms with Crippen molar-refractivity contribution in [3.05, 3.63) is 144 Å². The average molecular weight is 764 g/mol. The molecular weight excluding hydrogens is 714 g/mol. The Kier molecular flexibility index (Phi) is 11.7. The first-order chi connectivity index (χ1) is 27.9. The van der Waals surface area contributed by atoms with E-state index >= 15 is 0 Å². The Morgan fingerprint density at radius 2 is 1.37 bits per heavy atom. The molecule has 0 radical (unpaired) electrons. The summed E-state index contributed by atoms with van der Waals surface area (Å²) in [6, 6.07) is 35.7. The van der Waals surface area contributed by atoms with Crippen LogP contribution in [-0.4, -0.2) is 78.8 Å². The number of hydrogen-bond donors (Lipinski definition) is 2. The molecule has 0 unspecified atom stereocenters. The number of hydrogen-bond acceptors (Lipinski definition) is 5. The summed E-state index contributed by atoms with van der Waals surface area (Å²) in [7, 11) is 0. The van der Waals surface area contributed by atoms with Gasteiger partial charge in [0.15, 0.2) is 0 Å². The minimum Gasteiger partial charge on any atom is -0.341 e. The summed E-state index contributed by atoms with van der Waals surface area (Å²) in [5, 5.41) is 0. The largest absolute Gasteiger partial charge is 0.341 e. The van der Waals surface area contributed by atoms with Gasteiger partial charge in [-0.25, -0.2) is 14.4 Å². The van der Waals surface area contributed by atoms with Gasteiger partial charge in [-0.15, -0.1) is 0 Å². The summed E-state index contributed by atoms with van der Waals surface area (Å²) >= 11 is 0. The van der Waals surface area contributed by atoms with Gasteiger partial charge < -0.3 is 19.8 Å². The number of alkyl halides is 1. The molecule has 6 aromatic rings. The molecule has 57 heavy (non-hydrogen) atoms. The second kappa shape index (κ2) is 17.5. The third kappa shape index (κ3) is 8.76. The van der Waals surface area contributed by atoms with Gasteiger partial charge >= 0.3 is 0 Å². The van der Waals surface area contributed by atoms with Crippen LogP contribution in [0.1, 0.15) is 73.9 Å². The highest BCUT2D eigenvalue weighted by molar-refractivity contribution is 5.83. The van der Waals surface area contributed by atoms with Gasteiger partial charge in [-0.2, -0.15) is 0 Å². The summed E-state index contributed by atoms with van der Waals surface area (Å²) < 4.78 is 14.6. The lowest BCUT2D eigenvalue weighted by Gasteiger charge is -2.36. The molecule has 8 rings (SSSR count). The number of aromatic amines is 2. The van der Waals surface area contributed by atoms with Crippen molar-refractivity contribution in [1.29, 1.82) is 0 Å². The van der Waals surface area contributed by atoms with Crippen LogP contribution in [0.5, 0.6) is 0 Å². The molecule has 10 heteroatoms. The van der Waals surface area contributed by atoms with E-state index in [1.54, 1.807) is 11.1 Å². The Hall–Kier alpha value is -5.87. The first-order valence-electron chi connectivity index (χ1n) is 20.3. The topological polar surface area (TPSA) is 101 Å². The highest BCUT2D eigenvalue weighted by Crippen LogP contribution is 2.35. The van der Waals surface area contributed by atoms with Gasteiger partial charge in [0.25, 0.3) is 0 Å². The molecule has 2 saturated heterocycles. The number of piperidine rings is 1. The van der Waals surface area contributed by atoms with Crippen molar-refractivity contribution in [1.82, 2.24) is 34.6 Å². The fourth-order valence-electron chi connectivity index (χ4n) is 8.33. The van der Waals surface area contributed by atoms with Crippen molar-refractivity contribution in [2.24, 2.45) is 0 Å². The maximum absolute atomic E-state index is 14.6. The van der Waals surface area contributed by atoms with E-state index < -0.39 is 12.2 Å². The van der Waals surface area contributed by atoms with Gasteiger partial charge in [0, 0.05) is 13.0 Å². The van der Waals surface area contributed by atoms with E-state index in [2.05, 4.69) is 75.3 Å². The second-order valence-corrected chi connectivity index (χ2v) is 15.3. The third-order valence-corrected chi connectivity index (χ3v) is 11.3. The Morgan fingerprint density at radius 3 is 2.02 bits per heavy atom. The van der Waals surface area contributed by atoms with Crippen molar-refractivity contribution in [2.75, 3.05) is 26.2 Å². The van der Waals surface area contributed by atoms with Crippen LogP contribution in [0.4, 0.5) is 4.39 Å². The molecule has 2 aliphatic rings. The zero-order valence-electron chi connectivity index (χ0n) is 32.5. The number of rotatable bonds is 13. The Labute approximate surface area is 334 Å². The van der Waals surface area contributed by atoms with Crippen molar-refractivity contribution < 1.29 is 14.0 Å². The van der Waals surface area contributed by atoms with Crippen LogP contribution in [0.3, 0.4) is 0 Å². The number of carbonyl (C=O) groups excluding carboxylic acids is 2. The van der Waals surface area contributed by atoms with Gasteiger partial charge in [0.05, 0.1) is 49.3 Å². The van der Waals surface area contributed by atoms with Crippen LogP contribution < -0.4 is 0 Å². The second-order valence-electron chi connectivity index (χ2n) is 15.3. The van der Waals surface area contributed by atoms with E-state index in [9.17, 15) is 14.0 Å². The van der Waals surface area contributed by atoms with Crippen LogP contribution in [-0.2, 0) is 22.6 Å². The van der Waals surface area contributed by atoms with Crippen molar-refractivity contribution in [2.45, 2.75) is 70.2 Å². The molecule has 4 aromatic carbocycles. The molecule has 2 N–H and O–H groups in total. The molecule has 0 aliphatic carbocycles.